The lowest BCUT2D eigenvalue weighted by molar-refractivity contribution is -0.135. The summed E-state index contributed by atoms with van der Waals surface area (Å²) in [6.45, 7) is 1.90. The Kier molecular flexibility index (Phi) is 6.01. The lowest BCUT2D eigenvalue weighted by Gasteiger charge is -2.23. The number of anilines is 1. The molecule has 0 bridgehead atoms. The molecule has 0 aliphatic carbocycles. The SMILES string of the molecule is CN(Cc1ccccc1)c1ncccc1CNC(=O)[C@H]1CCCCO1. The van der Waals surface area contributed by atoms with Gasteiger partial charge in [0.2, 0.25) is 5.91 Å². The summed E-state index contributed by atoms with van der Waals surface area (Å²) in [4.78, 5) is 18.9. The Bertz CT molecular complexity index is 684. The van der Waals surface area contributed by atoms with E-state index >= 15 is 0 Å². The smallest absolute Gasteiger partial charge is 0.249 e. The van der Waals surface area contributed by atoms with Gasteiger partial charge in [-0.3, -0.25) is 4.79 Å². The number of aromatic nitrogens is 1. The van der Waals surface area contributed by atoms with Gasteiger partial charge in [0.05, 0.1) is 0 Å². The maximum atomic E-state index is 12.3. The van der Waals surface area contributed by atoms with Gasteiger partial charge in [0.1, 0.15) is 11.9 Å². The number of carbonyl (C=O) groups is 1. The number of rotatable bonds is 6. The van der Waals surface area contributed by atoms with E-state index in [0.717, 1.165) is 37.2 Å². The molecule has 1 atom stereocenters. The molecule has 1 fully saturated rings. The molecule has 1 aromatic heterocycles. The summed E-state index contributed by atoms with van der Waals surface area (Å²) in [5.41, 5.74) is 2.23. The highest BCUT2D eigenvalue weighted by Gasteiger charge is 2.22. The van der Waals surface area contributed by atoms with Crippen molar-refractivity contribution in [1.82, 2.24) is 10.3 Å². The Morgan fingerprint density at radius 3 is 2.84 bits per heavy atom. The number of hydrogen-bond acceptors (Lipinski definition) is 4. The Hall–Kier alpha value is -2.40. The molecule has 1 saturated heterocycles. The zero-order chi connectivity index (χ0) is 17.5. The standard InChI is InChI=1S/C20H25N3O2/c1-23(15-16-8-3-2-4-9-16)19-17(10-7-12-21-19)14-22-20(24)18-11-5-6-13-25-18/h2-4,7-10,12,18H,5-6,11,13-15H2,1H3,(H,22,24)/t18-/m1/s1. The molecular formula is C20H25N3O2. The van der Waals surface area contributed by atoms with E-state index in [-0.39, 0.29) is 12.0 Å². The van der Waals surface area contributed by atoms with E-state index in [1.54, 1.807) is 6.20 Å². The van der Waals surface area contributed by atoms with Gasteiger partial charge >= 0.3 is 0 Å². The van der Waals surface area contributed by atoms with Crippen molar-refractivity contribution in [3.05, 3.63) is 59.8 Å². The van der Waals surface area contributed by atoms with Crippen LogP contribution in [-0.2, 0) is 22.6 Å². The van der Waals surface area contributed by atoms with Crippen LogP contribution in [0.15, 0.2) is 48.7 Å². The normalized spacial score (nSPS) is 17.1. The van der Waals surface area contributed by atoms with Gasteiger partial charge in [-0.1, -0.05) is 36.4 Å². The number of pyridine rings is 1. The number of nitrogens with one attached hydrogen (secondary N) is 1. The van der Waals surface area contributed by atoms with E-state index in [1.165, 1.54) is 5.56 Å². The summed E-state index contributed by atoms with van der Waals surface area (Å²) in [6, 6.07) is 14.2. The lowest BCUT2D eigenvalue weighted by atomic mass is 10.1. The van der Waals surface area contributed by atoms with Crippen molar-refractivity contribution in [3.63, 3.8) is 0 Å². The van der Waals surface area contributed by atoms with Gasteiger partial charge in [-0.15, -0.1) is 0 Å². The Balaban J connectivity index is 1.63. The van der Waals surface area contributed by atoms with Crippen molar-refractivity contribution in [1.29, 1.82) is 0 Å². The van der Waals surface area contributed by atoms with Crippen LogP contribution >= 0.6 is 0 Å². The third-order valence-corrected chi connectivity index (χ3v) is 4.42. The zero-order valence-corrected chi connectivity index (χ0v) is 14.6. The summed E-state index contributed by atoms with van der Waals surface area (Å²) >= 11 is 0. The second kappa shape index (κ2) is 8.62. The molecule has 1 aliphatic rings. The first-order valence-corrected chi connectivity index (χ1v) is 8.82. The third-order valence-electron chi connectivity index (χ3n) is 4.42. The van der Waals surface area contributed by atoms with Crippen LogP contribution in [-0.4, -0.2) is 30.6 Å². The minimum absolute atomic E-state index is 0.0276. The fourth-order valence-electron chi connectivity index (χ4n) is 3.09. The Morgan fingerprint density at radius 1 is 1.24 bits per heavy atom. The molecule has 0 spiro atoms. The molecule has 1 amide bonds. The first-order chi connectivity index (χ1) is 12.2. The third kappa shape index (κ3) is 4.79. The van der Waals surface area contributed by atoms with Gasteiger partial charge in [-0.2, -0.15) is 0 Å². The second-order valence-corrected chi connectivity index (χ2v) is 6.40. The summed E-state index contributed by atoms with van der Waals surface area (Å²) in [6.07, 6.45) is 4.37. The van der Waals surface area contributed by atoms with Gasteiger partial charge in [-0.05, 0) is 30.9 Å². The first-order valence-electron chi connectivity index (χ1n) is 8.82. The number of ether oxygens (including phenoxy) is 1. The summed E-state index contributed by atoms with van der Waals surface area (Å²) in [5, 5.41) is 3.00. The maximum Gasteiger partial charge on any atom is 0.249 e. The fraction of sp³-hybridized carbons (Fsp3) is 0.400. The molecule has 0 saturated carbocycles. The monoisotopic (exact) mass is 339 g/mol. The molecule has 25 heavy (non-hydrogen) atoms. The predicted octanol–water partition coefficient (Wildman–Crippen LogP) is 2.90. The average molecular weight is 339 g/mol. The molecule has 2 heterocycles. The molecule has 1 aromatic carbocycles. The number of hydrogen-bond donors (Lipinski definition) is 1. The van der Waals surface area contributed by atoms with Gasteiger partial charge in [-0.25, -0.2) is 4.98 Å². The predicted molar refractivity (Wildman–Crippen MR) is 98.2 cm³/mol. The van der Waals surface area contributed by atoms with E-state index in [9.17, 15) is 4.79 Å². The topological polar surface area (TPSA) is 54.5 Å². The van der Waals surface area contributed by atoms with Crippen LogP contribution in [0, 0.1) is 0 Å². The summed E-state index contributed by atoms with van der Waals surface area (Å²) < 4.78 is 5.55. The van der Waals surface area contributed by atoms with Crippen molar-refractivity contribution in [2.24, 2.45) is 0 Å². The number of nitrogens with zero attached hydrogens (tertiary/aromatic N) is 2. The van der Waals surface area contributed by atoms with Crippen LogP contribution in [0.25, 0.3) is 0 Å². The quantitative estimate of drug-likeness (QED) is 0.879. The molecule has 5 heteroatoms. The van der Waals surface area contributed by atoms with Crippen LogP contribution in [0.3, 0.4) is 0 Å². The van der Waals surface area contributed by atoms with Gasteiger partial charge in [0.25, 0.3) is 0 Å². The molecular weight excluding hydrogens is 314 g/mol. The van der Waals surface area contributed by atoms with Crippen LogP contribution in [0.4, 0.5) is 5.82 Å². The van der Waals surface area contributed by atoms with Crippen molar-refractivity contribution >= 4 is 11.7 Å². The second-order valence-electron chi connectivity index (χ2n) is 6.40. The molecule has 2 aromatic rings. The van der Waals surface area contributed by atoms with E-state index in [0.29, 0.717) is 13.2 Å². The van der Waals surface area contributed by atoms with Gasteiger partial charge in [0.15, 0.2) is 0 Å². The van der Waals surface area contributed by atoms with Crippen molar-refractivity contribution in [2.45, 2.75) is 38.5 Å². The molecule has 5 nitrogen and oxygen atoms in total. The van der Waals surface area contributed by atoms with Crippen molar-refractivity contribution < 1.29 is 9.53 Å². The highest BCUT2D eigenvalue weighted by Crippen LogP contribution is 2.19. The zero-order valence-electron chi connectivity index (χ0n) is 14.6. The number of benzene rings is 1. The molecule has 0 unspecified atom stereocenters. The number of amides is 1. The molecule has 132 valence electrons. The van der Waals surface area contributed by atoms with E-state index in [1.807, 2.05) is 37.4 Å². The minimum Gasteiger partial charge on any atom is -0.368 e. The maximum absolute atomic E-state index is 12.3. The van der Waals surface area contributed by atoms with Crippen molar-refractivity contribution in [3.8, 4) is 0 Å². The molecule has 1 N–H and O–H groups in total. The van der Waals surface area contributed by atoms with Crippen LogP contribution < -0.4 is 10.2 Å². The molecule has 0 radical (unpaired) electrons. The van der Waals surface area contributed by atoms with Crippen LogP contribution in [0.5, 0.6) is 0 Å². The number of carbonyl (C=O) groups excluding carboxylic acids is 1. The highest BCUT2D eigenvalue weighted by atomic mass is 16.5. The largest absolute Gasteiger partial charge is 0.368 e. The van der Waals surface area contributed by atoms with Gasteiger partial charge < -0.3 is 15.0 Å². The highest BCUT2D eigenvalue weighted by molar-refractivity contribution is 5.80. The lowest BCUT2D eigenvalue weighted by Crippen LogP contribution is -2.38. The summed E-state index contributed by atoms with van der Waals surface area (Å²) in [5.74, 6) is 0.858. The molecule has 3 rings (SSSR count). The van der Waals surface area contributed by atoms with E-state index in [4.69, 9.17) is 4.74 Å². The first kappa shape index (κ1) is 17.4. The van der Waals surface area contributed by atoms with Crippen LogP contribution in [0.2, 0.25) is 0 Å². The van der Waals surface area contributed by atoms with Crippen LogP contribution in [0.1, 0.15) is 30.4 Å². The summed E-state index contributed by atoms with van der Waals surface area (Å²) in [7, 11) is 2.02. The van der Waals surface area contributed by atoms with Gasteiger partial charge in [0, 0.05) is 38.5 Å². The minimum atomic E-state index is -0.309. The Morgan fingerprint density at radius 2 is 2.08 bits per heavy atom. The van der Waals surface area contributed by atoms with E-state index < -0.39 is 0 Å². The Labute approximate surface area is 149 Å². The molecule has 1 aliphatic heterocycles. The van der Waals surface area contributed by atoms with Crippen molar-refractivity contribution in [2.75, 3.05) is 18.6 Å². The fourth-order valence-corrected chi connectivity index (χ4v) is 3.09. The van der Waals surface area contributed by atoms with E-state index in [2.05, 4.69) is 27.3 Å². The average Bonchev–Trinajstić information content (AvgIpc) is 2.68.